The van der Waals surface area contributed by atoms with E-state index >= 15 is 0 Å². The van der Waals surface area contributed by atoms with Crippen molar-refractivity contribution in [3.05, 3.63) is 30.3 Å². The maximum absolute atomic E-state index is 11.1. The summed E-state index contributed by atoms with van der Waals surface area (Å²) in [7, 11) is 0. The summed E-state index contributed by atoms with van der Waals surface area (Å²) in [6.07, 6.45) is 2.42. The Hall–Kier alpha value is -1.84. The van der Waals surface area contributed by atoms with E-state index in [-0.39, 0.29) is 12.5 Å². The van der Waals surface area contributed by atoms with Gasteiger partial charge in [-0.3, -0.25) is 4.79 Å². The van der Waals surface area contributed by atoms with Crippen LogP contribution in [0, 0.1) is 0 Å². The number of carbonyl (C=O) groups excluding carboxylic acids is 1. The predicted molar refractivity (Wildman–Crippen MR) is 58.9 cm³/mol. The summed E-state index contributed by atoms with van der Waals surface area (Å²) in [4.78, 5) is 11.1. The van der Waals surface area contributed by atoms with Gasteiger partial charge in [-0.05, 0) is 18.6 Å². The number of nitrogens with zero attached hydrogens (tertiary/aromatic N) is 1. The molecule has 0 radical (unpaired) electrons. The fourth-order valence-corrected chi connectivity index (χ4v) is 0.907. The topological polar surface area (TPSA) is 50.7 Å². The van der Waals surface area contributed by atoms with Crippen molar-refractivity contribution in [1.82, 2.24) is 5.43 Å². The molecule has 0 aliphatic carbocycles. The Labute approximate surface area is 88.9 Å². The van der Waals surface area contributed by atoms with Crippen molar-refractivity contribution in [2.45, 2.75) is 13.3 Å². The summed E-state index contributed by atoms with van der Waals surface area (Å²) in [5, 5.41) is 3.70. The van der Waals surface area contributed by atoms with Gasteiger partial charge in [-0.25, -0.2) is 5.43 Å². The largest absolute Gasteiger partial charge is 0.484 e. The molecule has 0 aromatic heterocycles. The van der Waals surface area contributed by atoms with Crippen LogP contribution in [0.4, 0.5) is 0 Å². The molecular formula is C11H14N2O2. The lowest BCUT2D eigenvalue weighted by Gasteiger charge is -2.03. The molecule has 0 unspecified atom stereocenters. The molecule has 0 heterocycles. The molecule has 0 saturated carbocycles. The van der Waals surface area contributed by atoms with Crippen LogP contribution in [0.5, 0.6) is 5.75 Å². The molecule has 0 atom stereocenters. The van der Waals surface area contributed by atoms with Crippen molar-refractivity contribution >= 4 is 12.1 Å². The van der Waals surface area contributed by atoms with Crippen LogP contribution in [-0.4, -0.2) is 18.7 Å². The minimum Gasteiger partial charge on any atom is -0.484 e. The molecule has 4 heteroatoms. The van der Waals surface area contributed by atoms with Gasteiger partial charge < -0.3 is 4.74 Å². The number of hydrogen-bond donors (Lipinski definition) is 1. The molecule has 1 rings (SSSR count). The third kappa shape index (κ3) is 4.81. The number of ether oxygens (including phenoxy) is 1. The van der Waals surface area contributed by atoms with Gasteiger partial charge in [0.1, 0.15) is 5.75 Å². The van der Waals surface area contributed by atoms with Gasteiger partial charge in [-0.15, -0.1) is 0 Å². The normalized spacial score (nSPS) is 10.2. The van der Waals surface area contributed by atoms with Crippen molar-refractivity contribution in [2.24, 2.45) is 5.10 Å². The van der Waals surface area contributed by atoms with Crippen LogP contribution in [0.25, 0.3) is 0 Å². The Morgan fingerprint density at radius 3 is 2.87 bits per heavy atom. The molecule has 1 aromatic carbocycles. The van der Waals surface area contributed by atoms with E-state index in [2.05, 4.69) is 10.5 Å². The number of benzene rings is 1. The van der Waals surface area contributed by atoms with Crippen molar-refractivity contribution < 1.29 is 9.53 Å². The van der Waals surface area contributed by atoms with Gasteiger partial charge in [0.15, 0.2) is 6.61 Å². The predicted octanol–water partition coefficient (Wildman–Crippen LogP) is 1.58. The lowest BCUT2D eigenvalue weighted by Crippen LogP contribution is -2.24. The van der Waals surface area contributed by atoms with Crippen molar-refractivity contribution in [3.63, 3.8) is 0 Å². The molecule has 0 aliphatic rings. The third-order valence-electron chi connectivity index (χ3n) is 1.58. The Kier molecular flexibility index (Phi) is 4.94. The second-order valence-electron chi connectivity index (χ2n) is 2.86. The number of hydrazone groups is 1. The van der Waals surface area contributed by atoms with Gasteiger partial charge in [0.05, 0.1) is 0 Å². The zero-order valence-electron chi connectivity index (χ0n) is 8.64. The first-order valence-corrected chi connectivity index (χ1v) is 4.81. The quantitative estimate of drug-likeness (QED) is 0.587. The van der Waals surface area contributed by atoms with Crippen LogP contribution >= 0.6 is 0 Å². The Morgan fingerprint density at radius 1 is 1.47 bits per heavy atom. The van der Waals surface area contributed by atoms with Crippen LogP contribution in [-0.2, 0) is 4.79 Å². The molecule has 0 bridgehead atoms. The molecular weight excluding hydrogens is 192 g/mol. The van der Waals surface area contributed by atoms with Crippen molar-refractivity contribution in [2.75, 3.05) is 6.61 Å². The fraction of sp³-hybridized carbons (Fsp3) is 0.273. The van der Waals surface area contributed by atoms with Crippen LogP contribution in [0.2, 0.25) is 0 Å². The van der Waals surface area contributed by atoms with Crippen LogP contribution < -0.4 is 10.2 Å². The van der Waals surface area contributed by atoms with E-state index in [1.807, 2.05) is 25.1 Å². The summed E-state index contributed by atoms with van der Waals surface area (Å²) < 4.78 is 5.21. The van der Waals surface area contributed by atoms with Gasteiger partial charge in [0, 0.05) is 6.21 Å². The number of rotatable bonds is 5. The third-order valence-corrected chi connectivity index (χ3v) is 1.58. The molecule has 1 aromatic rings. The van der Waals surface area contributed by atoms with Gasteiger partial charge >= 0.3 is 0 Å². The van der Waals surface area contributed by atoms with E-state index in [1.54, 1.807) is 18.3 Å². The molecule has 0 spiro atoms. The highest BCUT2D eigenvalue weighted by molar-refractivity contribution is 5.78. The summed E-state index contributed by atoms with van der Waals surface area (Å²) in [6, 6.07) is 9.18. The standard InChI is InChI=1S/C11H14N2O2/c1-2-8-12-13-11(14)9-15-10-6-4-3-5-7-10/h3-8H,2,9H2,1H3,(H,13,14)/b12-8-. The first-order valence-electron chi connectivity index (χ1n) is 4.81. The highest BCUT2D eigenvalue weighted by Gasteiger charge is 1.99. The second kappa shape index (κ2) is 6.59. The average Bonchev–Trinajstić information content (AvgIpc) is 2.28. The van der Waals surface area contributed by atoms with Crippen LogP contribution in [0.15, 0.2) is 35.4 Å². The molecule has 15 heavy (non-hydrogen) atoms. The molecule has 0 fully saturated rings. The van der Waals surface area contributed by atoms with Gasteiger partial charge in [-0.1, -0.05) is 25.1 Å². The Morgan fingerprint density at radius 2 is 2.20 bits per heavy atom. The van der Waals surface area contributed by atoms with E-state index in [9.17, 15) is 4.79 Å². The Bertz CT molecular complexity index is 323. The molecule has 80 valence electrons. The molecule has 0 aliphatic heterocycles. The van der Waals surface area contributed by atoms with Crippen LogP contribution in [0.3, 0.4) is 0 Å². The van der Waals surface area contributed by atoms with Crippen molar-refractivity contribution in [1.29, 1.82) is 0 Å². The van der Waals surface area contributed by atoms with Crippen molar-refractivity contribution in [3.8, 4) is 5.75 Å². The zero-order valence-corrected chi connectivity index (χ0v) is 8.64. The zero-order chi connectivity index (χ0) is 10.9. The van der Waals surface area contributed by atoms with Gasteiger partial charge in [0.2, 0.25) is 0 Å². The lowest BCUT2D eigenvalue weighted by atomic mass is 10.3. The van der Waals surface area contributed by atoms with E-state index in [4.69, 9.17) is 4.74 Å². The highest BCUT2D eigenvalue weighted by atomic mass is 16.5. The fourth-order valence-electron chi connectivity index (χ4n) is 0.907. The summed E-state index contributed by atoms with van der Waals surface area (Å²) in [6.45, 7) is 1.92. The molecule has 1 amide bonds. The maximum Gasteiger partial charge on any atom is 0.277 e. The van der Waals surface area contributed by atoms with Crippen LogP contribution in [0.1, 0.15) is 13.3 Å². The lowest BCUT2D eigenvalue weighted by molar-refractivity contribution is -0.123. The average molecular weight is 206 g/mol. The first kappa shape index (κ1) is 11.2. The maximum atomic E-state index is 11.1. The SMILES string of the molecule is CC/C=N\NC(=O)COc1ccccc1. The minimum atomic E-state index is -0.261. The van der Waals surface area contributed by atoms with E-state index in [1.165, 1.54) is 0 Å². The van der Waals surface area contributed by atoms with Gasteiger partial charge in [0.25, 0.3) is 5.91 Å². The smallest absolute Gasteiger partial charge is 0.277 e. The number of carbonyl (C=O) groups is 1. The van der Waals surface area contributed by atoms with E-state index in [0.717, 1.165) is 6.42 Å². The number of para-hydroxylation sites is 1. The Balaban J connectivity index is 2.26. The van der Waals surface area contributed by atoms with E-state index < -0.39 is 0 Å². The molecule has 0 saturated heterocycles. The van der Waals surface area contributed by atoms with E-state index in [0.29, 0.717) is 5.75 Å². The number of hydrogen-bond acceptors (Lipinski definition) is 3. The first-order chi connectivity index (χ1) is 7.33. The molecule has 4 nitrogen and oxygen atoms in total. The second-order valence-corrected chi connectivity index (χ2v) is 2.86. The number of nitrogens with one attached hydrogen (secondary N) is 1. The molecule has 1 N–H and O–H groups in total. The monoisotopic (exact) mass is 206 g/mol. The van der Waals surface area contributed by atoms with Gasteiger partial charge in [-0.2, -0.15) is 5.10 Å². The summed E-state index contributed by atoms with van der Waals surface area (Å²) in [5.74, 6) is 0.413. The summed E-state index contributed by atoms with van der Waals surface area (Å²) >= 11 is 0. The summed E-state index contributed by atoms with van der Waals surface area (Å²) in [5.41, 5.74) is 2.36. The minimum absolute atomic E-state index is 0.0228. The number of amides is 1. The highest BCUT2D eigenvalue weighted by Crippen LogP contribution is 2.07.